The maximum atomic E-state index is 12.6. The Bertz CT molecular complexity index is 995. The molecule has 1 saturated heterocycles. The van der Waals surface area contributed by atoms with Crippen LogP contribution in [0.5, 0.6) is 0 Å². The van der Waals surface area contributed by atoms with E-state index < -0.39 is 0 Å². The van der Waals surface area contributed by atoms with Crippen LogP contribution in [0.4, 0.5) is 5.69 Å². The highest BCUT2D eigenvalue weighted by molar-refractivity contribution is 5.94. The molecule has 0 spiro atoms. The molecule has 1 fully saturated rings. The summed E-state index contributed by atoms with van der Waals surface area (Å²) in [5.41, 5.74) is 2.86. The molecule has 1 amide bonds. The van der Waals surface area contributed by atoms with Crippen LogP contribution in [0.15, 0.2) is 36.5 Å². The second-order valence-electron chi connectivity index (χ2n) is 6.20. The lowest BCUT2D eigenvalue weighted by molar-refractivity contribution is 0.0747. The van der Waals surface area contributed by atoms with E-state index in [0.717, 1.165) is 30.2 Å². The van der Waals surface area contributed by atoms with E-state index in [1.807, 2.05) is 24.1 Å². The summed E-state index contributed by atoms with van der Waals surface area (Å²) in [6, 6.07) is 10.8. The quantitative estimate of drug-likeness (QED) is 0.693. The van der Waals surface area contributed by atoms with Gasteiger partial charge in [0.05, 0.1) is 23.5 Å². The number of fused-ring (bicyclic) bond motifs is 1. The number of anilines is 1. The first-order valence-corrected chi connectivity index (χ1v) is 8.38. The highest BCUT2D eigenvalue weighted by Crippen LogP contribution is 2.18. The summed E-state index contributed by atoms with van der Waals surface area (Å²) < 4.78 is 1.70. The average molecular weight is 347 g/mol. The third-order valence-corrected chi connectivity index (χ3v) is 4.60. The topological polar surface area (TPSA) is 90.4 Å². The van der Waals surface area contributed by atoms with Gasteiger partial charge in [0.2, 0.25) is 0 Å². The molecule has 0 bridgehead atoms. The Morgan fingerprint density at radius 2 is 1.85 bits per heavy atom. The van der Waals surface area contributed by atoms with Gasteiger partial charge in [0.1, 0.15) is 0 Å². The third kappa shape index (κ3) is 2.84. The Labute approximate surface area is 150 Å². The van der Waals surface area contributed by atoms with Crippen molar-refractivity contribution in [3.8, 4) is 6.07 Å². The predicted octanol–water partition coefficient (Wildman–Crippen LogP) is 1.27. The van der Waals surface area contributed by atoms with Crippen molar-refractivity contribution in [3.63, 3.8) is 0 Å². The van der Waals surface area contributed by atoms with Gasteiger partial charge in [-0.1, -0.05) is 0 Å². The van der Waals surface area contributed by atoms with Gasteiger partial charge in [-0.15, -0.1) is 10.2 Å². The molecule has 2 aromatic heterocycles. The highest BCUT2D eigenvalue weighted by Gasteiger charge is 2.23. The zero-order chi connectivity index (χ0) is 18.1. The highest BCUT2D eigenvalue weighted by atomic mass is 16.2. The number of aryl methyl sites for hydroxylation is 1. The molecule has 4 rings (SSSR count). The fourth-order valence-corrected chi connectivity index (χ4v) is 3.10. The van der Waals surface area contributed by atoms with Crippen molar-refractivity contribution < 1.29 is 4.79 Å². The van der Waals surface area contributed by atoms with E-state index in [1.165, 1.54) is 0 Å². The lowest BCUT2D eigenvalue weighted by Gasteiger charge is -2.36. The predicted molar refractivity (Wildman–Crippen MR) is 94.8 cm³/mol. The van der Waals surface area contributed by atoms with E-state index >= 15 is 0 Å². The molecule has 0 unspecified atom stereocenters. The van der Waals surface area contributed by atoms with Gasteiger partial charge in [0, 0.05) is 37.8 Å². The lowest BCUT2D eigenvalue weighted by Crippen LogP contribution is -2.48. The molecule has 0 saturated carbocycles. The van der Waals surface area contributed by atoms with E-state index in [0.29, 0.717) is 24.2 Å². The summed E-state index contributed by atoms with van der Waals surface area (Å²) in [7, 11) is 0. The summed E-state index contributed by atoms with van der Waals surface area (Å²) in [5, 5.41) is 21.4. The van der Waals surface area contributed by atoms with Crippen molar-refractivity contribution in [2.45, 2.75) is 6.92 Å². The number of amides is 1. The number of hydrogen-bond acceptors (Lipinski definition) is 6. The minimum atomic E-state index is -0.00389. The number of nitriles is 1. The molecule has 0 atom stereocenters. The first kappa shape index (κ1) is 16.0. The van der Waals surface area contributed by atoms with E-state index in [4.69, 9.17) is 5.26 Å². The molecule has 26 heavy (non-hydrogen) atoms. The maximum Gasteiger partial charge on any atom is 0.253 e. The second-order valence-corrected chi connectivity index (χ2v) is 6.20. The van der Waals surface area contributed by atoms with Crippen LogP contribution >= 0.6 is 0 Å². The molecule has 1 aromatic carbocycles. The first-order chi connectivity index (χ1) is 12.7. The van der Waals surface area contributed by atoms with Crippen molar-refractivity contribution in [2.24, 2.45) is 0 Å². The van der Waals surface area contributed by atoms with Crippen molar-refractivity contribution in [2.75, 3.05) is 31.1 Å². The Kier molecular flexibility index (Phi) is 3.97. The number of benzene rings is 1. The monoisotopic (exact) mass is 347 g/mol. The van der Waals surface area contributed by atoms with Gasteiger partial charge in [-0.05, 0) is 31.2 Å². The number of hydrogen-bond donors (Lipinski definition) is 0. The summed E-state index contributed by atoms with van der Waals surface area (Å²) in [5.74, 6) is 0.750. The van der Waals surface area contributed by atoms with E-state index in [-0.39, 0.29) is 5.91 Å². The smallest absolute Gasteiger partial charge is 0.253 e. The van der Waals surface area contributed by atoms with Gasteiger partial charge >= 0.3 is 0 Å². The van der Waals surface area contributed by atoms with Crippen LogP contribution in [0, 0.1) is 18.3 Å². The van der Waals surface area contributed by atoms with Crippen LogP contribution in [-0.2, 0) is 0 Å². The molecular weight excluding hydrogens is 330 g/mol. The average Bonchev–Trinajstić information content (AvgIpc) is 3.08. The number of aromatic nitrogens is 4. The largest absolute Gasteiger partial charge is 0.367 e. The van der Waals surface area contributed by atoms with Crippen molar-refractivity contribution in [3.05, 3.63) is 53.5 Å². The maximum absolute atomic E-state index is 12.6. The number of rotatable bonds is 2. The normalized spacial score (nSPS) is 14.5. The first-order valence-electron chi connectivity index (χ1n) is 8.38. The van der Waals surface area contributed by atoms with Crippen molar-refractivity contribution in [1.82, 2.24) is 24.7 Å². The Morgan fingerprint density at radius 3 is 2.54 bits per heavy atom. The molecule has 0 N–H and O–H groups in total. The summed E-state index contributed by atoms with van der Waals surface area (Å²) >= 11 is 0. The van der Waals surface area contributed by atoms with Gasteiger partial charge in [-0.3, -0.25) is 4.79 Å². The van der Waals surface area contributed by atoms with E-state index in [9.17, 15) is 4.79 Å². The van der Waals surface area contributed by atoms with Gasteiger partial charge in [-0.2, -0.15) is 14.9 Å². The van der Waals surface area contributed by atoms with E-state index in [2.05, 4.69) is 26.3 Å². The standard InChI is InChI=1S/C18H17N7O/c1-13-21-22-17-10-16(12-20-25(13)17)23-6-8-24(9-7-23)18(26)15-4-2-14(11-19)3-5-15/h2-5,10,12H,6-9H2,1H3. The fraction of sp³-hybridized carbons (Fsp3) is 0.278. The van der Waals surface area contributed by atoms with Crippen LogP contribution in [0.2, 0.25) is 0 Å². The van der Waals surface area contributed by atoms with Crippen LogP contribution in [0.1, 0.15) is 21.7 Å². The zero-order valence-electron chi connectivity index (χ0n) is 14.3. The number of piperazine rings is 1. The summed E-state index contributed by atoms with van der Waals surface area (Å²) in [4.78, 5) is 16.6. The van der Waals surface area contributed by atoms with Crippen molar-refractivity contribution in [1.29, 1.82) is 5.26 Å². The molecule has 3 aromatic rings. The molecule has 8 nitrogen and oxygen atoms in total. The molecule has 0 aliphatic carbocycles. The Morgan fingerprint density at radius 1 is 1.12 bits per heavy atom. The van der Waals surface area contributed by atoms with Crippen LogP contribution in [0.3, 0.4) is 0 Å². The third-order valence-electron chi connectivity index (χ3n) is 4.60. The van der Waals surface area contributed by atoms with E-state index in [1.54, 1.807) is 28.8 Å². The fourth-order valence-electron chi connectivity index (χ4n) is 3.10. The van der Waals surface area contributed by atoms with Gasteiger partial charge in [0.25, 0.3) is 5.91 Å². The SMILES string of the molecule is Cc1nnc2cc(N3CCN(C(=O)c4ccc(C#N)cc4)CC3)cnn12. The second kappa shape index (κ2) is 6.44. The van der Waals surface area contributed by atoms with Crippen LogP contribution in [-0.4, -0.2) is 56.8 Å². The zero-order valence-corrected chi connectivity index (χ0v) is 14.3. The molecule has 3 heterocycles. The minimum absolute atomic E-state index is 0.00389. The molecule has 1 aliphatic heterocycles. The summed E-state index contributed by atoms with van der Waals surface area (Å²) in [6.45, 7) is 4.59. The number of carbonyl (C=O) groups excluding carboxylic acids is 1. The van der Waals surface area contributed by atoms with Crippen LogP contribution < -0.4 is 4.90 Å². The lowest BCUT2D eigenvalue weighted by atomic mass is 10.1. The van der Waals surface area contributed by atoms with Gasteiger partial charge in [-0.25, -0.2) is 0 Å². The minimum Gasteiger partial charge on any atom is -0.367 e. The van der Waals surface area contributed by atoms with Crippen LogP contribution in [0.25, 0.3) is 5.65 Å². The Hall–Kier alpha value is -3.47. The number of carbonyl (C=O) groups is 1. The summed E-state index contributed by atoms with van der Waals surface area (Å²) in [6.07, 6.45) is 1.81. The molecule has 0 radical (unpaired) electrons. The molecular formula is C18H17N7O. The molecule has 1 aliphatic rings. The molecule has 8 heteroatoms. The Balaban J connectivity index is 1.44. The van der Waals surface area contributed by atoms with Gasteiger partial charge in [0.15, 0.2) is 11.5 Å². The number of nitrogens with zero attached hydrogens (tertiary/aromatic N) is 7. The van der Waals surface area contributed by atoms with Crippen molar-refractivity contribution >= 4 is 17.2 Å². The van der Waals surface area contributed by atoms with Gasteiger partial charge < -0.3 is 9.80 Å². The molecule has 130 valence electrons.